The summed E-state index contributed by atoms with van der Waals surface area (Å²) >= 11 is 1.18. The molecular weight excluding hydrogens is 260 g/mol. The Morgan fingerprint density at radius 1 is 1.59 bits per heavy atom. The van der Waals surface area contributed by atoms with Crippen LogP contribution in [-0.2, 0) is 21.3 Å². The largest absolute Gasteiger partial charge is 0.380 e. The standard InChI is InChI=1S/C10H18N2O3S2/c1-3-15-6-8(2)12-17(13,14)10-4-9(5-11)7-16-10/h4,7-8,12H,3,5-6,11H2,1-2H3. The van der Waals surface area contributed by atoms with Gasteiger partial charge in [0.2, 0.25) is 10.0 Å². The first-order valence-electron chi connectivity index (χ1n) is 5.37. The van der Waals surface area contributed by atoms with Crippen molar-refractivity contribution in [2.45, 2.75) is 30.6 Å². The van der Waals surface area contributed by atoms with E-state index in [4.69, 9.17) is 10.5 Å². The molecule has 0 bridgehead atoms. The summed E-state index contributed by atoms with van der Waals surface area (Å²) in [6, 6.07) is 1.35. The minimum atomic E-state index is -3.45. The van der Waals surface area contributed by atoms with Gasteiger partial charge in [-0.05, 0) is 30.9 Å². The predicted octanol–water partition coefficient (Wildman–Crippen LogP) is 0.910. The number of nitrogens with one attached hydrogen (secondary N) is 1. The number of thiophene rings is 1. The SMILES string of the molecule is CCOCC(C)NS(=O)(=O)c1cc(CN)cs1. The van der Waals surface area contributed by atoms with E-state index in [0.29, 0.717) is 24.0 Å². The highest BCUT2D eigenvalue weighted by Crippen LogP contribution is 2.19. The quantitative estimate of drug-likeness (QED) is 0.777. The monoisotopic (exact) mass is 278 g/mol. The lowest BCUT2D eigenvalue weighted by Gasteiger charge is -2.12. The van der Waals surface area contributed by atoms with Crippen LogP contribution in [-0.4, -0.2) is 27.7 Å². The highest BCUT2D eigenvalue weighted by Gasteiger charge is 2.19. The van der Waals surface area contributed by atoms with E-state index in [1.54, 1.807) is 18.4 Å². The summed E-state index contributed by atoms with van der Waals surface area (Å²) in [6.07, 6.45) is 0. The van der Waals surface area contributed by atoms with Crippen LogP contribution in [0.1, 0.15) is 19.4 Å². The van der Waals surface area contributed by atoms with Crippen LogP contribution in [0.3, 0.4) is 0 Å². The molecule has 1 aromatic rings. The first kappa shape index (κ1) is 14.6. The molecule has 0 fully saturated rings. The van der Waals surface area contributed by atoms with Gasteiger partial charge in [0.1, 0.15) is 4.21 Å². The Morgan fingerprint density at radius 3 is 2.82 bits per heavy atom. The van der Waals surface area contributed by atoms with Crippen LogP contribution in [0.4, 0.5) is 0 Å². The van der Waals surface area contributed by atoms with Crippen molar-refractivity contribution in [3.8, 4) is 0 Å². The second kappa shape index (κ2) is 6.46. The van der Waals surface area contributed by atoms with Crippen molar-refractivity contribution < 1.29 is 13.2 Å². The number of hydrogen-bond donors (Lipinski definition) is 2. The lowest BCUT2D eigenvalue weighted by Crippen LogP contribution is -2.35. The van der Waals surface area contributed by atoms with E-state index in [1.165, 1.54) is 11.3 Å². The van der Waals surface area contributed by atoms with Gasteiger partial charge >= 0.3 is 0 Å². The Labute approximate surface area is 106 Å². The molecule has 3 N–H and O–H groups in total. The minimum Gasteiger partial charge on any atom is -0.380 e. The highest BCUT2D eigenvalue weighted by molar-refractivity contribution is 7.91. The van der Waals surface area contributed by atoms with Gasteiger partial charge in [-0.1, -0.05) is 0 Å². The van der Waals surface area contributed by atoms with Crippen molar-refractivity contribution in [3.05, 3.63) is 17.0 Å². The second-order valence-corrected chi connectivity index (χ2v) is 6.51. The van der Waals surface area contributed by atoms with Gasteiger partial charge in [-0.3, -0.25) is 0 Å². The van der Waals surface area contributed by atoms with Gasteiger partial charge in [0.15, 0.2) is 0 Å². The van der Waals surface area contributed by atoms with Crippen molar-refractivity contribution >= 4 is 21.4 Å². The van der Waals surface area contributed by atoms with Crippen molar-refractivity contribution in [3.63, 3.8) is 0 Å². The fourth-order valence-corrected chi connectivity index (χ4v) is 3.72. The third-order valence-electron chi connectivity index (χ3n) is 2.06. The molecule has 0 aliphatic heterocycles. The van der Waals surface area contributed by atoms with Gasteiger partial charge in [-0.15, -0.1) is 11.3 Å². The zero-order valence-electron chi connectivity index (χ0n) is 9.97. The molecule has 1 unspecified atom stereocenters. The van der Waals surface area contributed by atoms with Gasteiger partial charge in [0.25, 0.3) is 0 Å². The molecule has 0 aliphatic carbocycles. The fourth-order valence-electron chi connectivity index (χ4n) is 1.25. The molecule has 0 amide bonds. The molecule has 1 heterocycles. The zero-order valence-corrected chi connectivity index (χ0v) is 11.6. The molecule has 1 aromatic heterocycles. The molecule has 0 aliphatic rings. The van der Waals surface area contributed by atoms with Crippen LogP contribution in [0.2, 0.25) is 0 Å². The smallest absolute Gasteiger partial charge is 0.250 e. The Hall–Kier alpha value is -0.470. The Balaban J connectivity index is 2.68. The van der Waals surface area contributed by atoms with Crippen LogP contribution in [0.5, 0.6) is 0 Å². The Morgan fingerprint density at radius 2 is 2.29 bits per heavy atom. The van der Waals surface area contributed by atoms with Gasteiger partial charge < -0.3 is 10.5 Å². The first-order valence-corrected chi connectivity index (χ1v) is 7.73. The van der Waals surface area contributed by atoms with E-state index in [-0.39, 0.29) is 6.04 Å². The summed E-state index contributed by atoms with van der Waals surface area (Å²) in [5.74, 6) is 0. The summed E-state index contributed by atoms with van der Waals surface area (Å²) in [4.78, 5) is 0. The number of sulfonamides is 1. The molecule has 1 atom stereocenters. The summed E-state index contributed by atoms with van der Waals surface area (Å²) in [7, 11) is -3.45. The normalized spacial score (nSPS) is 13.8. The molecule has 98 valence electrons. The highest BCUT2D eigenvalue weighted by atomic mass is 32.2. The van der Waals surface area contributed by atoms with Crippen molar-refractivity contribution in [1.29, 1.82) is 0 Å². The van der Waals surface area contributed by atoms with Gasteiger partial charge in [0.05, 0.1) is 6.61 Å². The maximum absolute atomic E-state index is 11.9. The molecule has 7 heteroatoms. The van der Waals surface area contributed by atoms with Crippen molar-refractivity contribution in [2.75, 3.05) is 13.2 Å². The lowest BCUT2D eigenvalue weighted by molar-refractivity contribution is 0.133. The summed E-state index contributed by atoms with van der Waals surface area (Å²) in [6.45, 7) is 4.92. The average molecular weight is 278 g/mol. The van der Waals surface area contributed by atoms with Gasteiger partial charge in [-0.2, -0.15) is 0 Å². The molecule has 1 rings (SSSR count). The summed E-state index contributed by atoms with van der Waals surface area (Å²) in [5, 5.41) is 1.75. The topological polar surface area (TPSA) is 81.4 Å². The number of rotatable bonds is 7. The van der Waals surface area contributed by atoms with Crippen LogP contribution in [0.25, 0.3) is 0 Å². The lowest BCUT2D eigenvalue weighted by atomic mass is 10.4. The van der Waals surface area contributed by atoms with Crippen LogP contribution >= 0.6 is 11.3 Å². The average Bonchev–Trinajstić information content (AvgIpc) is 2.75. The number of hydrogen-bond acceptors (Lipinski definition) is 5. The van der Waals surface area contributed by atoms with Crippen LogP contribution in [0, 0.1) is 0 Å². The van der Waals surface area contributed by atoms with Crippen molar-refractivity contribution in [1.82, 2.24) is 4.72 Å². The maximum atomic E-state index is 11.9. The van der Waals surface area contributed by atoms with E-state index in [0.717, 1.165) is 5.56 Å². The van der Waals surface area contributed by atoms with Gasteiger partial charge in [-0.25, -0.2) is 13.1 Å². The molecule has 0 saturated heterocycles. The van der Waals surface area contributed by atoms with E-state index in [9.17, 15) is 8.42 Å². The summed E-state index contributed by atoms with van der Waals surface area (Å²) < 4.78 is 31.9. The molecule has 0 saturated carbocycles. The molecule has 0 spiro atoms. The van der Waals surface area contributed by atoms with E-state index in [1.807, 2.05) is 6.92 Å². The number of ether oxygens (including phenoxy) is 1. The molecule has 0 radical (unpaired) electrons. The minimum absolute atomic E-state index is 0.247. The van der Waals surface area contributed by atoms with E-state index < -0.39 is 10.0 Å². The van der Waals surface area contributed by atoms with Crippen LogP contribution < -0.4 is 10.5 Å². The second-order valence-electron chi connectivity index (χ2n) is 3.66. The zero-order chi connectivity index (χ0) is 12.9. The number of nitrogens with two attached hydrogens (primary N) is 1. The Kier molecular flexibility index (Phi) is 5.54. The first-order chi connectivity index (χ1) is 7.99. The molecular formula is C10H18N2O3S2. The third-order valence-corrected chi connectivity index (χ3v) is 5.14. The van der Waals surface area contributed by atoms with Crippen molar-refractivity contribution in [2.24, 2.45) is 5.73 Å². The molecule has 0 aromatic carbocycles. The van der Waals surface area contributed by atoms with Crippen LogP contribution in [0.15, 0.2) is 15.7 Å². The molecule has 5 nitrogen and oxygen atoms in total. The van der Waals surface area contributed by atoms with E-state index >= 15 is 0 Å². The third kappa shape index (κ3) is 4.36. The Bertz CT molecular complexity index is 442. The predicted molar refractivity (Wildman–Crippen MR) is 68.5 cm³/mol. The fraction of sp³-hybridized carbons (Fsp3) is 0.600. The van der Waals surface area contributed by atoms with E-state index in [2.05, 4.69) is 4.72 Å². The molecule has 17 heavy (non-hydrogen) atoms. The van der Waals surface area contributed by atoms with Gasteiger partial charge in [0, 0.05) is 19.2 Å². The maximum Gasteiger partial charge on any atom is 0.250 e. The summed E-state index contributed by atoms with van der Waals surface area (Å²) in [5.41, 5.74) is 6.27.